The van der Waals surface area contributed by atoms with Gasteiger partial charge in [-0.1, -0.05) is 135 Å². The molecule has 0 bridgehead atoms. The Morgan fingerprint density at radius 1 is 0.800 bits per heavy atom. The Morgan fingerprint density at radius 3 is 1.80 bits per heavy atom. The molecule has 4 aromatic rings. The third-order valence-electron chi connectivity index (χ3n) is 9.49. The molecule has 1 fully saturated rings. The standard InChI is InChI=1S/C42H45NO7/c1-28(36-33(44)24-41(2,3)25-34(36)45)43-37-39(47)38(46)35(50-40(37)48-26-29-16-8-4-9-17-29)27-49-42(30-18-10-5-11-19-30,31-20-12-6-13-21-31)32-22-14-7-15-23-32/h4-23,35,37-40,44,46-47H,24-27H2,1-3H3/t35-,37-,38-,39-,40+/m1/s1. The summed E-state index contributed by atoms with van der Waals surface area (Å²) in [6.45, 7) is 5.51. The minimum Gasteiger partial charge on any atom is -0.511 e. The number of rotatable bonds is 11. The second-order valence-electron chi connectivity index (χ2n) is 13.9. The van der Waals surface area contributed by atoms with Crippen molar-refractivity contribution in [3.63, 3.8) is 0 Å². The predicted octanol–water partition coefficient (Wildman–Crippen LogP) is 6.69. The number of benzene rings is 4. The molecule has 8 nitrogen and oxygen atoms in total. The third-order valence-corrected chi connectivity index (χ3v) is 9.49. The first kappa shape index (κ1) is 35.4. The maximum absolute atomic E-state index is 13.1. The van der Waals surface area contributed by atoms with Gasteiger partial charge in [0.25, 0.3) is 0 Å². The van der Waals surface area contributed by atoms with E-state index in [-0.39, 0.29) is 47.9 Å². The molecule has 2 aliphatic rings. The Morgan fingerprint density at radius 2 is 1.30 bits per heavy atom. The van der Waals surface area contributed by atoms with Gasteiger partial charge in [-0.15, -0.1) is 0 Å². The molecule has 4 aromatic carbocycles. The number of nitrogens with zero attached hydrogens (tertiary/aromatic N) is 1. The van der Waals surface area contributed by atoms with Gasteiger partial charge in [-0.3, -0.25) is 9.79 Å². The van der Waals surface area contributed by atoms with Crippen LogP contribution in [0, 0.1) is 5.41 Å². The van der Waals surface area contributed by atoms with Crippen LogP contribution in [0.1, 0.15) is 55.9 Å². The van der Waals surface area contributed by atoms with E-state index in [0.29, 0.717) is 6.42 Å². The maximum Gasteiger partial charge on any atom is 0.183 e. The van der Waals surface area contributed by atoms with E-state index in [2.05, 4.69) is 0 Å². The van der Waals surface area contributed by atoms with Crippen molar-refractivity contribution >= 4 is 11.5 Å². The van der Waals surface area contributed by atoms with E-state index >= 15 is 0 Å². The smallest absolute Gasteiger partial charge is 0.183 e. The van der Waals surface area contributed by atoms with Crippen LogP contribution in [0.25, 0.3) is 0 Å². The summed E-state index contributed by atoms with van der Waals surface area (Å²) in [5.74, 6) is -0.259. The van der Waals surface area contributed by atoms with Gasteiger partial charge >= 0.3 is 0 Å². The molecular formula is C42H45NO7. The van der Waals surface area contributed by atoms with Gasteiger partial charge in [0.2, 0.25) is 0 Å². The first-order valence-corrected chi connectivity index (χ1v) is 17.1. The van der Waals surface area contributed by atoms with Crippen LogP contribution in [-0.4, -0.2) is 64.1 Å². The largest absolute Gasteiger partial charge is 0.511 e. The number of allylic oxidation sites excluding steroid dienone is 2. The molecule has 0 unspecified atom stereocenters. The molecule has 5 atom stereocenters. The lowest BCUT2D eigenvalue weighted by molar-refractivity contribution is -0.274. The van der Waals surface area contributed by atoms with Gasteiger partial charge in [-0.25, -0.2) is 0 Å². The van der Waals surface area contributed by atoms with E-state index in [9.17, 15) is 20.1 Å². The molecule has 8 heteroatoms. The number of ketones is 1. The van der Waals surface area contributed by atoms with Crippen molar-refractivity contribution in [2.24, 2.45) is 10.4 Å². The van der Waals surface area contributed by atoms with Crippen molar-refractivity contribution in [1.29, 1.82) is 0 Å². The molecule has 50 heavy (non-hydrogen) atoms. The third kappa shape index (κ3) is 7.50. The lowest BCUT2D eigenvalue weighted by Gasteiger charge is -2.43. The normalized spacial score (nSPS) is 24.3. The van der Waals surface area contributed by atoms with Crippen LogP contribution in [0.2, 0.25) is 0 Å². The van der Waals surface area contributed by atoms with Gasteiger partial charge in [-0.05, 0) is 34.6 Å². The van der Waals surface area contributed by atoms with Crippen molar-refractivity contribution in [1.82, 2.24) is 0 Å². The zero-order chi connectivity index (χ0) is 35.3. The highest BCUT2D eigenvalue weighted by molar-refractivity contribution is 6.22. The molecule has 1 saturated heterocycles. The molecule has 260 valence electrons. The highest BCUT2D eigenvalue weighted by Crippen LogP contribution is 2.41. The lowest BCUT2D eigenvalue weighted by atomic mass is 9.75. The summed E-state index contributed by atoms with van der Waals surface area (Å²) in [7, 11) is 0. The molecule has 0 amide bonds. The molecule has 6 rings (SSSR count). The maximum atomic E-state index is 13.1. The fourth-order valence-corrected chi connectivity index (χ4v) is 7.04. The summed E-state index contributed by atoms with van der Waals surface area (Å²) in [5.41, 5.74) is 2.45. The lowest BCUT2D eigenvalue weighted by Crippen LogP contribution is -2.59. The average Bonchev–Trinajstić information content (AvgIpc) is 3.12. The summed E-state index contributed by atoms with van der Waals surface area (Å²) in [6.07, 6.45) is -4.41. The van der Waals surface area contributed by atoms with Crippen LogP contribution in [0.4, 0.5) is 0 Å². The van der Waals surface area contributed by atoms with Gasteiger partial charge in [0.15, 0.2) is 12.1 Å². The highest BCUT2D eigenvalue weighted by Gasteiger charge is 2.48. The molecular weight excluding hydrogens is 630 g/mol. The number of Topliss-reactive ketones (excluding diaryl/α,β-unsaturated/α-hetero) is 1. The number of aliphatic hydroxyl groups is 3. The Hall–Kier alpha value is -4.44. The van der Waals surface area contributed by atoms with E-state index < -0.39 is 36.2 Å². The summed E-state index contributed by atoms with van der Waals surface area (Å²) in [5, 5.41) is 34.2. The zero-order valence-corrected chi connectivity index (χ0v) is 28.7. The SMILES string of the molecule is CC(=N[C@H]1[C@@H](OCc2ccccc2)O[C@H](COC(c2ccccc2)(c2ccccc2)c2ccccc2)[C@@H](O)[C@@H]1O)C1=C(O)CC(C)(C)CC1=O. The van der Waals surface area contributed by atoms with Crippen molar-refractivity contribution < 1.29 is 34.3 Å². The predicted molar refractivity (Wildman–Crippen MR) is 192 cm³/mol. The topological polar surface area (TPSA) is 118 Å². The van der Waals surface area contributed by atoms with Gasteiger partial charge in [-0.2, -0.15) is 0 Å². The van der Waals surface area contributed by atoms with E-state index in [1.54, 1.807) is 6.92 Å². The van der Waals surface area contributed by atoms with Gasteiger partial charge in [0.1, 0.15) is 35.7 Å². The Kier molecular flexibility index (Phi) is 10.8. The summed E-state index contributed by atoms with van der Waals surface area (Å²) in [4.78, 5) is 17.8. The second kappa shape index (κ2) is 15.2. The van der Waals surface area contributed by atoms with Gasteiger partial charge in [0.05, 0.1) is 18.8 Å². The van der Waals surface area contributed by atoms with Crippen LogP contribution in [0.3, 0.4) is 0 Å². The van der Waals surface area contributed by atoms with Crippen molar-refractivity contribution in [3.05, 3.63) is 155 Å². The number of hydrogen-bond donors (Lipinski definition) is 3. The zero-order valence-electron chi connectivity index (χ0n) is 28.7. The minimum atomic E-state index is -1.44. The van der Waals surface area contributed by atoms with Crippen LogP contribution in [-0.2, 0) is 31.2 Å². The molecule has 1 aliphatic heterocycles. The van der Waals surface area contributed by atoms with Crippen molar-refractivity contribution in [2.45, 2.75) is 76.5 Å². The van der Waals surface area contributed by atoms with Crippen LogP contribution >= 0.6 is 0 Å². The Bertz CT molecular complexity index is 1690. The summed E-state index contributed by atoms with van der Waals surface area (Å²) in [6, 6.07) is 38.0. The molecule has 3 N–H and O–H groups in total. The quantitative estimate of drug-likeness (QED) is 0.120. The molecule has 0 saturated carbocycles. The number of ether oxygens (including phenoxy) is 3. The van der Waals surface area contributed by atoms with Crippen molar-refractivity contribution in [2.75, 3.05) is 6.61 Å². The number of hydrogen-bond acceptors (Lipinski definition) is 8. The number of carbonyl (C=O) groups excluding carboxylic acids is 1. The fourth-order valence-electron chi connectivity index (χ4n) is 7.04. The van der Waals surface area contributed by atoms with Crippen LogP contribution in [0.5, 0.6) is 0 Å². The highest BCUT2D eigenvalue weighted by atomic mass is 16.7. The molecule has 1 aliphatic carbocycles. The minimum absolute atomic E-state index is 0.0358. The second-order valence-corrected chi connectivity index (χ2v) is 13.9. The van der Waals surface area contributed by atoms with Gasteiger partial charge in [0, 0.05) is 18.6 Å². The van der Waals surface area contributed by atoms with Gasteiger partial charge < -0.3 is 29.5 Å². The Labute approximate surface area is 293 Å². The van der Waals surface area contributed by atoms with Crippen molar-refractivity contribution in [3.8, 4) is 0 Å². The summed E-state index contributed by atoms with van der Waals surface area (Å²) < 4.78 is 19.7. The number of carbonyl (C=O) groups is 1. The van der Waals surface area contributed by atoms with Crippen LogP contribution < -0.4 is 0 Å². The first-order valence-electron chi connectivity index (χ1n) is 17.1. The molecule has 0 spiro atoms. The monoisotopic (exact) mass is 675 g/mol. The fraction of sp³-hybridized carbons (Fsp3) is 0.333. The van der Waals surface area contributed by atoms with E-state index in [1.807, 2.05) is 135 Å². The average molecular weight is 676 g/mol. The molecule has 0 radical (unpaired) electrons. The molecule has 1 heterocycles. The summed E-state index contributed by atoms with van der Waals surface area (Å²) >= 11 is 0. The molecule has 0 aromatic heterocycles. The van der Waals surface area contributed by atoms with E-state index in [1.165, 1.54) is 0 Å². The number of aliphatic imine (C=N–C) groups is 1. The van der Waals surface area contributed by atoms with Crippen LogP contribution in [0.15, 0.2) is 138 Å². The Balaban J connectivity index is 1.34. The first-order chi connectivity index (χ1) is 24.1. The van der Waals surface area contributed by atoms with E-state index in [0.717, 1.165) is 22.3 Å². The van der Waals surface area contributed by atoms with E-state index in [4.69, 9.17) is 19.2 Å². The number of aliphatic hydroxyl groups excluding tert-OH is 3.